The van der Waals surface area contributed by atoms with Crippen LogP contribution in [0, 0.1) is 0 Å². The molecular weight excluding hydrogens is 428 g/mol. The first kappa shape index (κ1) is 23.6. The van der Waals surface area contributed by atoms with Gasteiger partial charge >= 0.3 is 0 Å². The molecule has 1 aliphatic rings. The number of nitrogens with one attached hydrogen (secondary N) is 2. The van der Waals surface area contributed by atoms with Gasteiger partial charge in [-0.15, -0.1) is 0 Å². The molecule has 0 radical (unpaired) electrons. The van der Waals surface area contributed by atoms with Crippen LogP contribution in [0.3, 0.4) is 0 Å². The monoisotopic (exact) mass is 460 g/mol. The number of rotatable bonds is 8. The van der Waals surface area contributed by atoms with E-state index in [-0.39, 0.29) is 11.5 Å². The molecule has 1 atom stereocenters. The Morgan fingerprint density at radius 1 is 0.941 bits per heavy atom. The number of hydrogen-bond acceptors (Lipinski definition) is 6. The van der Waals surface area contributed by atoms with Crippen LogP contribution < -0.4 is 30.3 Å². The summed E-state index contributed by atoms with van der Waals surface area (Å²) in [7, 11) is 6.80. The summed E-state index contributed by atoms with van der Waals surface area (Å²) in [5.41, 5.74) is 5.74. The van der Waals surface area contributed by atoms with Crippen LogP contribution in [-0.4, -0.2) is 34.9 Å². The Morgan fingerprint density at radius 3 is 2.38 bits per heavy atom. The Hall–Kier alpha value is -3.51. The minimum atomic E-state index is -0.0301. The fraction of sp³-hybridized carbons (Fsp3) is 0.321. The summed E-state index contributed by atoms with van der Waals surface area (Å²) in [5.74, 6) is 1.80. The van der Waals surface area contributed by atoms with Crippen molar-refractivity contribution in [3.05, 3.63) is 81.5 Å². The molecule has 0 aromatic heterocycles. The van der Waals surface area contributed by atoms with Crippen molar-refractivity contribution >= 4 is 5.69 Å². The van der Waals surface area contributed by atoms with Gasteiger partial charge in [0.15, 0.2) is 11.5 Å². The lowest BCUT2D eigenvalue weighted by atomic mass is 9.95. The van der Waals surface area contributed by atoms with Crippen molar-refractivity contribution in [2.24, 2.45) is 0 Å². The topological polar surface area (TPSA) is 68.8 Å². The molecule has 0 saturated carbocycles. The summed E-state index contributed by atoms with van der Waals surface area (Å²) in [6.07, 6.45) is 2.49. The van der Waals surface area contributed by atoms with Gasteiger partial charge in [0.1, 0.15) is 0 Å². The highest BCUT2D eigenvalue weighted by atomic mass is 16.5. The molecule has 6 nitrogen and oxygen atoms in total. The van der Waals surface area contributed by atoms with Crippen molar-refractivity contribution in [3.8, 4) is 28.4 Å². The van der Waals surface area contributed by atoms with Crippen LogP contribution in [0.15, 0.2) is 59.4 Å². The van der Waals surface area contributed by atoms with Gasteiger partial charge in [-0.25, -0.2) is 0 Å². The SMILES string of the molecule is CNC1CCc2cc(OC)c(OC)c(OC)c2-c2ccc(NCCc3ccccc3)c(=O)cc21. The molecular formula is C28H32N2O4. The molecule has 0 fully saturated rings. The first-order chi connectivity index (χ1) is 16.6. The lowest BCUT2D eigenvalue weighted by Gasteiger charge is -2.19. The zero-order valence-electron chi connectivity index (χ0n) is 20.2. The molecule has 34 heavy (non-hydrogen) atoms. The molecule has 178 valence electrons. The molecule has 1 aliphatic carbocycles. The van der Waals surface area contributed by atoms with Crippen molar-refractivity contribution in [2.75, 3.05) is 40.2 Å². The van der Waals surface area contributed by atoms with Crippen molar-refractivity contribution < 1.29 is 14.2 Å². The lowest BCUT2D eigenvalue weighted by molar-refractivity contribution is 0.324. The van der Waals surface area contributed by atoms with Crippen LogP contribution in [0.4, 0.5) is 5.69 Å². The van der Waals surface area contributed by atoms with Gasteiger partial charge in [-0.1, -0.05) is 36.4 Å². The molecule has 0 amide bonds. The molecule has 0 heterocycles. The van der Waals surface area contributed by atoms with Gasteiger partial charge in [0, 0.05) is 18.2 Å². The highest BCUT2D eigenvalue weighted by molar-refractivity contribution is 5.83. The van der Waals surface area contributed by atoms with Gasteiger partial charge in [0.05, 0.1) is 27.0 Å². The number of benzene rings is 2. The Kier molecular flexibility index (Phi) is 7.38. The van der Waals surface area contributed by atoms with Gasteiger partial charge in [0.25, 0.3) is 0 Å². The number of ether oxygens (including phenoxy) is 3. The molecule has 1 unspecified atom stereocenters. The second-order valence-electron chi connectivity index (χ2n) is 8.35. The summed E-state index contributed by atoms with van der Waals surface area (Å²) in [6, 6.07) is 17.9. The second kappa shape index (κ2) is 10.6. The van der Waals surface area contributed by atoms with Crippen LogP contribution in [0.2, 0.25) is 0 Å². The third kappa shape index (κ3) is 4.59. The molecule has 0 bridgehead atoms. The normalized spacial score (nSPS) is 14.4. The number of hydrogen-bond donors (Lipinski definition) is 2. The molecule has 3 aromatic rings. The van der Waals surface area contributed by atoms with Gasteiger partial charge < -0.3 is 24.8 Å². The third-order valence-electron chi connectivity index (χ3n) is 6.46. The van der Waals surface area contributed by atoms with E-state index in [0.717, 1.165) is 41.5 Å². The zero-order valence-corrected chi connectivity index (χ0v) is 20.2. The van der Waals surface area contributed by atoms with E-state index in [1.807, 2.05) is 43.4 Å². The first-order valence-electron chi connectivity index (χ1n) is 11.6. The van der Waals surface area contributed by atoms with Crippen molar-refractivity contribution in [2.45, 2.75) is 25.3 Å². The number of anilines is 1. The number of aryl methyl sites for hydroxylation is 1. The molecule has 6 heteroatoms. The predicted molar refractivity (Wildman–Crippen MR) is 137 cm³/mol. The van der Waals surface area contributed by atoms with Crippen molar-refractivity contribution in [1.29, 1.82) is 0 Å². The minimum Gasteiger partial charge on any atom is -0.493 e. The maximum absolute atomic E-state index is 13.2. The van der Waals surface area contributed by atoms with Gasteiger partial charge in [-0.2, -0.15) is 0 Å². The Balaban J connectivity index is 1.81. The predicted octanol–water partition coefficient (Wildman–Crippen LogP) is 4.60. The summed E-state index contributed by atoms with van der Waals surface area (Å²) in [5, 5.41) is 6.73. The van der Waals surface area contributed by atoms with Gasteiger partial charge in [-0.05, 0) is 66.8 Å². The molecule has 3 aromatic carbocycles. The summed E-state index contributed by atoms with van der Waals surface area (Å²) >= 11 is 0. The van der Waals surface area contributed by atoms with Crippen molar-refractivity contribution in [3.63, 3.8) is 0 Å². The molecule has 0 saturated heterocycles. The molecule has 0 aliphatic heterocycles. The van der Waals surface area contributed by atoms with Crippen LogP contribution in [-0.2, 0) is 12.8 Å². The first-order valence-corrected chi connectivity index (χ1v) is 11.6. The quantitative estimate of drug-likeness (QED) is 0.512. The Morgan fingerprint density at radius 2 is 1.71 bits per heavy atom. The van der Waals surface area contributed by atoms with E-state index in [9.17, 15) is 4.79 Å². The number of fused-ring (bicyclic) bond motifs is 3. The molecule has 2 N–H and O–H groups in total. The van der Waals surface area contributed by atoms with Crippen LogP contribution in [0.25, 0.3) is 11.1 Å². The fourth-order valence-corrected chi connectivity index (χ4v) is 4.74. The van der Waals surface area contributed by atoms with Crippen LogP contribution in [0.5, 0.6) is 17.2 Å². The minimum absolute atomic E-state index is 0.0290. The van der Waals surface area contributed by atoms with Crippen molar-refractivity contribution in [1.82, 2.24) is 5.32 Å². The highest BCUT2D eigenvalue weighted by Crippen LogP contribution is 2.50. The largest absolute Gasteiger partial charge is 0.493 e. The van der Waals surface area contributed by atoms with Crippen LogP contribution >= 0.6 is 0 Å². The van der Waals surface area contributed by atoms with E-state index in [1.165, 1.54) is 5.56 Å². The van der Waals surface area contributed by atoms with E-state index in [1.54, 1.807) is 27.4 Å². The van der Waals surface area contributed by atoms with Gasteiger partial charge in [-0.3, -0.25) is 4.79 Å². The average Bonchev–Trinajstić information content (AvgIpc) is 3.11. The van der Waals surface area contributed by atoms with E-state index in [4.69, 9.17) is 14.2 Å². The van der Waals surface area contributed by atoms with Gasteiger partial charge in [0.2, 0.25) is 11.2 Å². The standard InChI is InChI=1S/C28H32N2O4/c1-29-22-12-10-19-16-25(32-2)27(33-3)28(34-4)26(19)20-11-13-23(24(31)17-21(20)22)30-15-14-18-8-6-5-7-9-18/h5-9,11,13,16-17,22,29H,10,12,14-15H2,1-4H3,(H,30,31). The maximum atomic E-state index is 13.2. The summed E-state index contributed by atoms with van der Waals surface area (Å²) in [6.45, 7) is 0.675. The zero-order chi connectivity index (χ0) is 24.1. The fourth-order valence-electron chi connectivity index (χ4n) is 4.74. The highest BCUT2D eigenvalue weighted by Gasteiger charge is 2.28. The average molecular weight is 461 g/mol. The lowest BCUT2D eigenvalue weighted by Crippen LogP contribution is -2.18. The summed E-state index contributed by atoms with van der Waals surface area (Å²) in [4.78, 5) is 13.2. The summed E-state index contributed by atoms with van der Waals surface area (Å²) < 4.78 is 17.1. The maximum Gasteiger partial charge on any atom is 0.203 e. The third-order valence-corrected chi connectivity index (χ3v) is 6.46. The van der Waals surface area contributed by atoms with E-state index in [0.29, 0.717) is 29.5 Å². The number of methoxy groups -OCH3 is 3. The Bertz CT molecular complexity index is 1210. The van der Waals surface area contributed by atoms with Crippen LogP contribution in [0.1, 0.15) is 29.2 Å². The van der Waals surface area contributed by atoms with E-state index >= 15 is 0 Å². The molecule has 4 rings (SSSR count). The smallest absolute Gasteiger partial charge is 0.203 e. The Labute approximate surface area is 200 Å². The van der Waals surface area contributed by atoms with E-state index in [2.05, 4.69) is 22.8 Å². The molecule has 0 spiro atoms. The second-order valence-corrected chi connectivity index (χ2v) is 8.35. The van der Waals surface area contributed by atoms with E-state index < -0.39 is 0 Å².